The zero-order valence-corrected chi connectivity index (χ0v) is 22.9. The molecule has 7 atom stereocenters. The van der Waals surface area contributed by atoms with Gasteiger partial charge in [0.1, 0.15) is 5.82 Å². The normalized spacial score (nSPS) is 32.5. The van der Waals surface area contributed by atoms with Gasteiger partial charge in [-0.25, -0.2) is 21.9 Å². The van der Waals surface area contributed by atoms with Crippen LogP contribution in [0, 0.1) is 29.5 Å². The number of aromatic nitrogens is 1. The number of hydrogen-bond donors (Lipinski definition) is 1. The van der Waals surface area contributed by atoms with Gasteiger partial charge < -0.3 is 10.1 Å². The van der Waals surface area contributed by atoms with E-state index in [-0.39, 0.29) is 35.8 Å². The number of allylic oxidation sites excluding steroid dienone is 1. The van der Waals surface area contributed by atoms with Crippen molar-refractivity contribution in [3.63, 3.8) is 0 Å². The molecule has 3 fully saturated rings. The number of amides is 1. The first-order valence-corrected chi connectivity index (χ1v) is 15.0. The van der Waals surface area contributed by atoms with Gasteiger partial charge in [-0.05, 0) is 93.0 Å². The Morgan fingerprint density at radius 2 is 2.03 bits per heavy atom. The predicted octanol–water partition coefficient (Wildman–Crippen LogP) is 5.10. The Morgan fingerprint density at radius 1 is 1.21 bits per heavy atom. The molecule has 1 aromatic heterocycles. The topological polar surface area (TPSA) is 88.6 Å². The van der Waals surface area contributed by atoms with Crippen LogP contribution in [0.25, 0.3) is 17.2 Å². The Balaban J connectivity index is 1.39. The van der Waals surface area contributed by atoms with Crippen molar-refractivity contribution in [2.45, 2.75) is 56.9 Å². The van der Waals surface area contributed by atoms with Gasteiger partial charge >= 0.3 is 6.09 Å². The molecule has 0 bridgehead atoms. The average molecular weight is 542 g/mol. The number of alkyl carbamates (subject to hydrolysis) is 1. The number of fused-ring (bicyclic) bond motifs is 2. The third-order valence-corrected chi connectivity index (χ3v) is 11.2. The molecule has 1 aromatic carbocycles. The number of pyridine rings is 1. The average Bonchev–Trinajstić information content (AvgIpc) is 3.06. The van der Waals surface area contributed by atoms with Crippen molar-refractivity contribution in [2.24, 2.45) is 23.7 Å². The second-order valence-corrected chi connectivity index (χ2v) is 13.2. The molecule has 9 heteroatoms. The quantitative estimate of drug-likeness (QED) is 0.569. The summed E-state index contributed by atoms with van der Waals surface area (Å²) in [4.78, 5) is 16.6. The van der Waals surface area contributed by atoms with Gasteiger partial charge in [0.15, 0.2) is 0 Å². The lowest BCUT2D eigenvalue weighted by molar-refractivity contribution is 0.0344. The molecule has 2 aromatic rings. The third kappa shape index (κ3) is 5.10. The summed E-state index contributed by atoms with van der Waals surface area (Å²) in [5.41, 5.74) is 2.39. The minimum atomic E-state index is -3.36. The number of halogens is 1. The van der Waals surface area contributed by atoms with E-state index in [1.165, 1.54) is 12.1 Å². The van der Waals surface area contributed by atoms with E-state index in [9.17, 15) is 17.6 Å². The van der Waals surface area contributed by atoms with Gasteiger partial charge in [0, 0.05) is 30.9 Å². The molecule has 5 rings (SSSR count). The minimum Gasteiger partial charge on any atom is -0.450 e. The Labute approximate surface area is 224 Å². The van der Waals surface area contributed by atoms with E-state index < -0.39 is 15.3 Å². The fourth-order valence-electron chi connectivity index (χ4n) is 7.03. The fourth-order valence-corrected chi connectivity index (χ4v) is 8.92. The summed E-state index contributed by atoms with van der Waals surface area (Å²) in [5, 5.41) is 2.55. The maximum atomic E-state index is 13.6. The highest BCUT2D eigenvalue weighted by Gasteiger charge is 2.57. The third-order valence-electron chi connectivity index (χ3n) is 8.88. The first kappa shape index (κ1) is 26.8. The van der Waals surface area contributed by atoms with Gasteiger partial charge in [-0.1, -0.05) is 24.3 Å². The Morgan fingerprint density at radius 3 is 2.74 bits per heavy atom. The first-order valence-electron chi connectivity index (χ1n) is 13.5. The molecule has 3 aliphatic rings. The van der Waals surface area contributed by atoms with Crippen LogP contribution in [-0.4, -0.2) is 54.8 Å². The Hall–Kier alpha value is -2.78. The number of nitrogens with one attached hydrogen (secondary N) is 1. The van der Waals surface area contributed by atoms with E-state index in [0.29, 0.717) is 18.4 Å². The van der Waals surface area contributed by atoms with E-state index in [1.807, 2.05) is 31.2 Å². The molecule has 1 amide bonds. The van der Waals surface area contributed by atoms with Crippen molar-refractivity contribution in [1.82, 2.24) is 14.6 Å². The number of hydrogen-bond acceptors (Lipinski definition) is 5. The van der Waals surface area contributed by atoms with E-state index in [2.05, 4.69) is 16.4 Å². The van der Waals surface area contributed by atoms with E-state index in [1.54, 1.807) is 30.5 Å². The largest absolute Gasteiger partial charge is 0.450 e. The number of benzene rings is 1. The number of carbonyl (C=O) groups excluding carboxylic acids is 1. The van der Waals surface area contributed by atoms with E-state index in [0.717, 1.165) is 42.5 Å². The maximum absolute atomic E-state index is 13.6. The lowest BCUT2D eigenvalue weighted by atomic mass is 9.58. The molecule has 2 aliphatic carbocycles. The van der Waals surface area contributed by atoms with E-state index in [4.69, 9.17) is 4.74 Å². The highest BCUT2D eigenvalue weighted by atomic mass is 32.2. The van der Waals surface area contributed by atoms with Crippen molar-refractivity contribution in [2.75, 3.05) is 13.7 Å². The van der Waals surface area contributed by atoms with Crippen molar-refractivity contribution in [3.8, 4) is 11.1 Å². The standard InChI is InChI=1S/C29H36FN3O4S/c1-4-37-29(34)32-24-11-12-25-21(15-24)16-27-28(18(2)38(35,36)33(27)3)26(25)13-10-23-9-8-20(17-31-23)19-6-5-7-22(30)14-19/h5-10,13-14,17-18,21,24-28H,4,11-12,15-16H2,1-3H3,(H,32,34)/b13-10+/t18-,21+,24-,25-,26+,27-,28+/m1/s1. The second-order valence-electron chi connectivity index (χ2n) is 10.9. The summed E-state index contributed by atoms with van der Waals surface area (Å²) < 4.78 is 46.6. The van der Waals surface area contributed by atoms with Crippen LogP contribution in [0.3, 0.4) is 0 Å². The molecule has 2 heterocycles. The Bertz CT molecular complexity index is 1300. The summed E-state index contributed by atoms with van der Waals surface area (Å²) in [6.45, 7) is 3.97. The van der Waals surface area contributed by atoms with Gasteiger partial charge in [0.25, 0.3) is 0 Å². The monoisotopic (exact) mass is 541 g/mol. The molecule has 2 saturated carbocycles. The lowest BCUT2D eigenvalue weighted by Gasteiger charge is -2.49. The second kappa shape index (κ2) is 10.8. The summed E-state index contributed by atoms with van der Waals surface area (Å²) in [6, 6.07) is 10.3. The lowest BCUT2D eigenvalue weighted by Crippen LogP contribution is -2.50. The SMILES string of the molecule is CCOC(=O)N[C@@H]1CC[C@@H]2[C@@H](C1)C[C@@H]1[C@H]([C@H]2/C=C/c2ccc(-c3cccc(F)c3)cn2)[C@@H](C)S(=O)(=O)N1C. The number of ether oxygens (including phenoxy) is 1. The molecule has 1 aliphatic heterocycles. The molecule has 0 radical (unpaired) electrons. The molecular formula is C29H36FN3O4S. The van der Waals surface area contributed by atoms with Crippen LogP contribution in [0.2, 0.25) is 0 Å². The summed E-state index contributed by atoms with van der Waals surface area (Å²) in [7, 11) is -1.65. The van der Waals surface area contributed by atoms with Gasteiger partial charge in [-0.15, -0.1) is 0 Å². The van der Waals surface area contributed by atoms with Gasteiger partial charge in [-0.3, -0.25) is 4.98 Å². The summed E-state index contributed by atoms with van der Waals surface area (Å²) in [5.74, 6) is 0.442. The fraction of sp³-hybridized carbons (Fsp3) is 0.517. The van der Waals surface area contributed by atoms with Crippen molar-refractivity contribution in [1.29, 1.82) is 0 Å². The summed E-state index contributed by atoms with van der Waals surface area (Å²) in [6.07, 6.45) is 8.92. The first-order chi connectivity index (χ1) is 18.2. The minimum absolute atomic E-state index is 0.00336. The molecule has 7 nitrogen and oxygen atoms in total. The highest BCUT2D eigenvalue weighted by molar-refractivity contribution is 7.90. The molecule has 1 saturated heterocycles. The molecule has 38 heavy (non-hydrogen) atoms. The van der Waals surface area contributed by atoms with Crippen LogP contribution < -0.4 is 5.32 Å². The van der Waals surface area contributed by atoms with Crippen molar-refractivity contribution in [3.05, 3.63) is 60.2 Å². The highest BCUT2D eigenvalue weighted by Crippen LogP contribution is 2.53. The summed E-state index contributed by atoms with van der Waals surface area (Å²) >= 11 is 0. The van der Waals surface area contributed by atoms with Crippen molar-refractivity contribution >= 4 is 22.2 Å². The van der Waals surface area contributed by atoms with Gasteiger partial charge in [0.05, 0.1) is 17.6 Å². The number of carbonyl (C=O) groups is 1. The molecule has 0 spiro atoms. The molecular weight excluding hydrogens is 505 g/mol. The Kier molecular flexibility index (Phi) is 7.60. The molecule has 0 unspecified atom stereocenters. The van der Waals surface area contributed by atoms with Gasteiger partial charge in [-0.2, -0.15) is 0 Å². The predicted molar refractivity (Wildman–Crippen MR) is 145 cm³/mol. The van der Waals surface area contributed by atoms with Crippen LogP contribution >= 0.6 is 0 Å². The zero-order chi connectivity index (χ0) is 27.0. The molecule has 204 valence electrons. The smallest absolute Gasteiger partial charge is 0.407 e. The molecule has 1 N–H and O–H groups in total. The van der Waals surface area contributed by atoms with Crippen LogP contribution in [-0.2, 0) is 14.8 Å². The van der Waals surface area contributed by atoms with Crippen LogP contribution in [0.4, 0.5) is 9.18 Å². The number of sulfonamides is 1. The van der Waals surface area contributed by atoms with E-state index >= 15 is 0 Å². The zero-order valence-electron chi connectivity index (χ0n) is 22.1. The maximum Gasteiger partial charge on any atom is 0.407 e. The van der Waals surface area contributed by atoms with Crippen LogP contribution in [0.5, 0.6) is 0 Å². The van der Waals surface area contributed by atoms with Crippen molar-refractivity contribution < 1.29 is 22.3 Å². The number of rotatable bonds is 5. The van der Waals surface area contributed by atoms with Crippen LogP contribution in [0.15, 0.2) is 48.7 Å². The number of nitrogens with zero attached hydrogens (tertiary/aromatic N) is 2. The van der Waals surface area contributed by atoms with Crippen LogP contribution in [0.1, 0.15) is 45.2 Å². The van der Waals surface area contributed by atoms with Gasteiger partial charge in [0.2, 0.25) is 10.0 Å².